The number of methoxy groups -OCH3 is 1. The van der Waals surface area contributed by atoms with Gasteiger partial charge in [0.1, 0.15) is 40.4 Å². The van der Waals surface area contributed by atoms with E-state index in [1.807, 2.05) is 0 Å². The lowest BCUT2D eigenvalue weighted by atomic mass is 9.92. The summed E-state index contributed by atoms with van der Waals surface area (Å²) in [6.45, 7) is 0. The van der Waals surface area contributed by atoms with Gasteiger partial charge in [0.25, 0.3) is 0 Å². The van der Waals surface area contributed by atoms with Crippen LogP contribution < -0.4 is 9.47 Å². The Hall–Kier alpha value is -3.67. The first-order chi connectivity index (χ1) is 15.0. The maximum atomic E-state index is 13.1. The number of ether oxygens (including phenoxy) is 2. The molecule has 0 saturated heterocycles. The fourth-order valence-electron chi connectivity index (χ4n) is 3.93. The zero-order valence-electron chi connectivity index (χ0n) is 17.2. The monoisotopic (exact) mass is 420 g/mol. The van der Waals surface area contributed by atoms with Crippen molar-refractivity contribution in [2.75, 3.05) is 7.11 Å². The normalized spacial score (nSPS) is 15.1. The molecule has 3 aromatic rings. The van der Waals surface area contributed by atoms with Crippen LogP contribution in [0.25, 0.3) is 0 Å². The molecule has 1 aliphatic rings. The van der Waals surface area contributed by atoms with Crippen LogP contribution in [0.15, 0.2) is 54.6 Å². The van der Waals surface area contributed by atoms with Crippen molar-refractivity contribution in [2.24, 2.45) is 0 Å². The average molecular weight is 420 g/mol. The Morgan fingerprint density at radius 1 is 1.03 bits per heavy atom. The van der Waals surface area contributed by atoms with E-state index in [4.69, 9.17) is 9.47 Å². The smallest absolute Gasteiger partial charge is 0.170 e. The Morgan fingerprint density at radius 2 is 1.68 bits per heavy atom. The molecular weight excluding hydrogens is 396 g/mol. The van der Waals surface area contributed by atoms with Gasteiger partial charge in [-0.25, -0.2) is 0 Å². The second-order valence-corrected chi connectivity index (χ2v) is 7.61. The van der Waals surface area contributed by atoms with Crippen molar-refractivity contribution in [3.63, 3.8) is 0 Å². The molecule has 0 radical (unpaired) electrons. The second kappa shape index (κ2) is 8.60. The fraction of sp³-hybridized carbons (Fsp3) is 0.240. The number of benzene rings is 3. The van der Waals surface area contributed by atoms with Gasteiger partial charge in [-0.15, -0.1) is 0 Å². The quantitative estimate of drug-likeness (QED) is 0.501. The third kappa shape index (κ3) is 4.28. The van der Waals surface area contributed by atoms with Gasteiger partial charge in [-0.3, -0.25) is 4.79 Å². The summed E-state index contributed by atoms with van der Waals surface area (Å²) in [7, 11) is 1.52. The lowest BCUT2D eigenvalue weighted by Gasteiger charge is -2.29. The second-order valence-electron chi connectivity index (χ2n) is 7.61. The standard InChI is InChI=1S/C25H24O6/c1-30-23-14-21(29)24(20(28)12-4-15-2-7-17(26)8-3-15)25-19(23)11-13-22(31-25)16-5-9-18(27)10-6-16/h2-3,5-10,14,22,26-27,29H,4,11-13H2,1H3/t22-/m0/s1. The number of fused-ring (bicyclic) bond motifs is 1. The third-order valence-corrected chi connectivity index (χ3v) is 5.58. The van der Waals surface area contributed by atoms with Crippen LogP contribution in [0.2, 0.25) is 0 Å². The Bertz CT molecular complexity index is 1090. The van der Waals surface area contributed by atoms with E-state index in [0.29, 0.717) is 30.8 Å². The summed E-state index contributed by atoms with van der Waals surface area (Å²) >= 11 is 0. The molecule has 3 aromatic carbocycles. The van der Waals surface area contributed by atoms with E-state index in [1.165, 1.54) is 13.2 Å². The van der Waals surface area contributed by atoms with Gasteiger partial charge in [0.2, 0.25) is 0 Å². The highest BCUT2D eigenvalue weighted by atomic mass is 16.5. The number of rotatable bonds is 6. The summed E-state index contributed by atoms with van der Waals surface area (Å²) in [6.07, 6.45) is 1.66. The maximum Gasteiger partial charge on any atom is 0.170 e. The minimum Gasteiger partial charge on any atom is -0.508 e. The largest absolute Gasteiger partial charge is 0.508 e. The molecule has 3 N–H and O–H groups in total. The first-order valence-electron chi connectivity index (χ1n) is 10.2. The molecule has 0 bridgehead atoms. The minimum absolute atomic E-state index is 0.165. The Balaban J connectivity index is 1.64. The lowest BCUT2D eigenvalue weighted by Crippen LogP contribution is -2.19. The highest BCUT2D eigenvalue weighted by molar-refractivity contribution is 6.02. The number of carbonyl (C=O) groups is 1. The van der Waals surface area contributed by atoms with Gasteiger partial charge >= 0.3 is 0 Å². The minimum atomic E-state index is -0.303. The number of hydrogen-bond donors (Lipinski definition) is 3. The molecule has 0 saturated carbocycles. The molecule has 0 amide bonds. The molecule has 6 heteroatoms. The zero-order valence-corrected chi connectivity index (χ0v) is 17.2. The number of hydrogen-bond acceptors (Lipinski definition) is 6. The Kier molecular flexibility index (Phi) is 5.71. The van der Waals surface area contributed by atoms with E-state index in [-0.39, 0.29) is 41.1 Å². The van der Waals surface area contributed by atoms with Gasteiger partial charge in [0, 0.05) is 18.1 Å². The summed E-state index contributed by atoms with van der Waals surface area (Å²) in [4.78, 5) is 13.1. The number of aromatic hydroxyl groups is 3. The van der Waals surface area contributed by atoms with Gasteiger partial charge in [-0.2, -0.15) is 0 Å². The van der Waals surface area contributed by atoms with Crippen molar-refractivity contribution in [3.05, 3.63) is 76.9 Å². The summed E-state index contributed by atoms with van der Waals surface area (Å²) in [5.74, 6) is 0.798. The summed E-state index contributed by atoms with van der Waals surface area (Å²) in [5.41, 5.74) is 2.73. The Labute approximate surface area is 180 Å². The van der Waals surface area contributed by atoms with Gasteiger partial charge in [0.15, 0.2) is 5.78 Å². The molecule has 0 unspecified atom stereocenters. The van der Waals surface area contributed by atoms with Crippen molar-refractivity contribution >= 4 is 5.78 Å². The highest BCUT2D eigenvalue weighted by Gasteiger charge is 2.31. The van der Waals surface area contributed by atoms with E-state index in [2.05, 4.69) is 0 Å². The van der Waals surface area contributed by atoms with Crippen LogP contribution in [0, 0.1) is 0 Å². The molecular formula is C25H24O6. The van der Waals surface area contributed by atoms with Crippen molar-refractivity contribution in [1.29, 1.82) is 0 Å². The Morgan fingerprint density at radius 3 is 2.32 bits per heavy atom. The van der Waals surface area contributed by atoms with E-state index in [0.717, 1.165) is 16.7 Å². The molecule has 6 nitrogen and oxygen atoms in total. The molecule has 0 fully saturated rings. The molecule has 0 aliphatic carbocycles. The van der Waals surface area contributed by atoms with Crippen LogP contribution in [0.5, 0.6) is 28.7 Å². The molecule has 0 aromatic heterocycles. The van der Waals surface area contributed by atoms with E-state index in [9.17, 15) is 20.1 Å². The topological polar surface area (TPSA) is 96.2 Å². The van der Waals surface area contributed by atoms with Crippen molar-refractivity contribution in [3.8, 4) is 28.7 Å². The van der Waals surface area contributed by atoms with Crippen molar-refractivity contribution in [2.45, 2.75) is 31.8 Å². The first-order valence-corrected chi connectivity index (χ1v) is 10.2. The van der Waals surface area contributed by atoms with Gasteiger partial charge in [-0.05, 0) is 54.7 Å². The maximum absolute atomic E-state index is 13.1. The van der Waals surface area contributed by atoms with Crippen LogP contribution >= 0.6 is 0 Å². The number of carbonyl (C=O) groups excluding carboxylic acids is 1. The molecule has 1 atom stereocenters. The van der Waals surface area contributed by atoms with E-state index in [1.54, 1.807) is 48.5 Å². The van der Waals surface area contributed by atoms with Crippen LogP contribution in [0.1, 0.15) is 46.0 Å². The van der Waals surface area contributed by atoms with Gasteiger partial charge < -0.3 is 24.8 Å². The van der Waals surface area contributed by atoms with E-state index < -0.39 is 0 Å². The van der Waals surface area contributed by atoms with Crippen molar-refractivity contribution in [1.82, 2.24) is 0 Å². The molecule has 4 rings (SSSR count). The average Bonchev–Trinajstić information content (AvgIpc) is 2.78. The summed E-state index contributed by atoms with van der Waals surface area (Å²) < 4.78 is 11.6. The first kappa shape index (κ1) is 20.6. The van der Waals surface area contributed by atoms with E-state index >= 15 is 0 Å². The molecule has 31 heavy (non-hydrogen) atoms. The number of phenols is 3. The molecule has 160 valence electrons. The number of aryl methyl sites for hydroxylation is 1. The predicted molar refractivity (Wildman–Crippen MR) is 115 cm³/mol. The van der Waals surface area contributed by atoms with Gasteiger partial charge in [-0.1, -0.05) is 24.3 Å². The van der Waals surface area contributed by atoms with Crippen LogP contribution in [-0.2, 0) is 12.8 Å². The van der Waals surface area contributed by atoms with Crippen molar-refractivity contribution < 1.29 is 29.6 Å². The third-order valence-electron chi connectivity index (χ3n) is 5.58. The molecule has 1 aliphatic heterocycles. The molecule has 0 spiro atoms. The number of ketones is 1. The number of phenolic OH excluding ortho intramolecular Hbond substituents is 3. The van der Waals surface area contributed by atoms with Gasteiger partial charge in [0.05, 0.1) is 7.11 Å². The van der Waals surface area contributed by atoms with Crippen LogP contribution in [0.4, 0.5) is 0 Å². The fourth-order valence-corrected chi connectivity index (χ4v) is 3.93. The van der Waals surface area contributed by atoms with Crippen LogP contribution in [-0.4, -0.2) is 28.2 Å². The summed E-state index contributed by atoms with van der Waals surface area (Å²) in [5, 5.41) is 29.6. The number of Topliss-reactive ketones (excluding diaryl/α,β-unsaturated/α-hetero) is 1. The lowest BCUT2D eigenvalue weighted by molar-refractivity contribution is 0.0967. The SMILES string of the molecule is COc1cc(O)c(C(=O)CCc2ccc(O)cc2)c2c1CC[C@@H](c1ccc(O)cc1)O2. The highest BCUT2D eigenvalue weighted by Crippen LogP contribution is 2.46. The van der Waals surface area contributed by atoms with Crippen LogP contribution in [0.3, 0.4) is 0 Å². The molecule has 1 heterocycles. The summed E-state index contributed by atoms with van der Waals surface area (Å²) in [6, 6.07) is 14.9. The zero-order chi connectivity index (χ0) is 22.0. The predicted octanol–water partition coefficient (Wildman–Crippen LogP) is 4.69.